The molecule has 20 heavy (non-hydrogen) atoms. The minimum absolute atomic E-state index is 0.0138. The van der Waals surface area contributed by atoms with Crippen molar-refractivity contribution in [3.05, 3.63) is 0 Å². The van der Waals surface area contributed by atoms with Crippen molar-refractivity contribution < 1.29 is 19.1 Å². The van der Waals surface area contributed by atoms with Gasteiger partial charge in [0.2, 0.25) is 11.8 Å². The summed E-state index contributed by atoms with van der Waals surface area (Å²) in [5.74, 6) is -0.306. The third-order valence-corrected chi connectivity index (χ3v) is 3.80. The van der Waals surface area contributed by atoms with E-state index in [2.05, 4.69) is 0 Å². The van der Waals surface area contributed by atoms with E-state index in [-0.39, 0.29) is 30.3 Å². The Bertz CT molecular complexity index is 435. The van der Waals surface area contributed by atoms with Gasteiger partial charge in [0.05, 0.1) is 18.8 Å². The normalized spacial score (nSPS) is 23.2. The van der Waals surface area contributed by atoms with Crippen molar-refractivity contribution in [2.45, 2.75) is 25.8 Å². The predicted octanol–water partition coefficient (Wildman–Crippen LogP) is -0.0921. The van der Waals surface area contributed by atoms with Crippen LogP contribution in [0.1, 0.15) is 20.3 Å². The number of carbonyl (C=O) groups is 3. The van der Waals surface area contributed by atoms with E-state index < -0.39 is 6.03 Å². The van der Waals surface area contributed by atoms with E-state index in [9.17, 15) is 14.4 Å². The van der Waals surface area contributed by atoms with Crippen LogP contribution in [0.2, 0.25) is 0 Å². The first kappa shape index (κ1) is 14.8. The number of amides is 4. The SMILES string of the molecule is CN1C(=O)CCN(CC(=O)N2CCOCC2(C)C)C1=O. The molecule has 0 N–H and O–H groups in total. The van der Waals surface area contributed by atoms with E-state index in [0.29, 0.717) is 26.3 Å². The largest absolute Gasteiger partial charge is 0.377 e. The highest BCUT2D eigenvalue weighted by Gasteiger charge is 2.37. The Hall–Kier alpha value is -1.63. The molecular formula is C13H21N3O4. The average Bonchev–Trinajstić information content (AvgIpc) is 2.39. The smallest absolute Gasteiger partial charge is 0.326 e. The average molecular weight is 283 g/mol. The molecule has 0 bridgehead atoms. The van der Waals surface area contributed by atoms with Crippen LogP contribution in [0.5, 0.6) is 0 Å². The Morgan fingerprint density at radius 3 is 2.65 bits per heavy atom. The predicted molar refractivity (Wildman–Crippen MR) is 71.0 cm³/mol. The highest BCUT2D eigenvalue weighted by atomic mass is 16.5. The van der Waals surface area contributed by atoms with Crippen LogP contribution < -0.4 is 0 Å². The van der Waals surface area contributed by atoms with Gasteiger partial charge in [-0.05, 0) is 13.8 Å². The summed E-state index contributed by atoms with van der Waals surface area (Å²) < 4.78 is 5.38. The van der Waals surface area contributed by atoms with Crippen molar-refractivity contribution in [2.24, 2.45) is 0 Å². The van der Waals surface area contributed by atoms with E-state index in [1.807, 2.05) is 13.8 Å². The van der Waals surface area contributed by atoms with Crippen molar-refractivity contribution in [1.29, 1.82) is 0 Å². The molecule has 0 spiro atoms. The Labute approximate surface area is 118 Å². The molecule has 0 aliphatic carbocycles. The Morgan fingerprint density at radius 2 is 2.00 bits per heavy atom. The second-order valence-electron chi connectivity index (χ2n) is 5.82. The fourth-order valence-electron chi connectivity index (χ4n) is 2.53. The number of morpholine rings is 1. The Morgan fingerprint density at radius 1 is 1.30 bits per heavy atom. The summed E-state index contributed by atoms with van der Waals surface area (Å²) in [4.78, 5) is 40.0. The number of carbonyl (C=O) groups excluding carboxylic acids is 3. The van der Waals surface area contributed by atoms with Crippen LogP contribution in [-0.4, -0.2) is 78.0 Å². The molecule has 0 unspecified atom stereocenters. The van der Waals surface area contributed by atoms with E-state index >= 15 is 0 Å². The maximum atomic E-state index is 12.4. The summed E-state index contributed by atoms with van der Waals surface area (Å²) >= 11 is 0. The molecular weight excluding hydrogens is 262 g/mol. The first-order valence-corrected chi connectivity index (χ1v) is 6.76. The zero-order valence-corrected chi connectivity index (χ0v) is 12.2. The van der Waals surface area contributed by atoms with Gasteiger partial charge in [-0.3, -0.25) is 14.5 Å². The number of imide groups is 1. The van der Waals surface area contributed by atoms with Crippen LogP contribution in [0, 0.1) is 0 Å². The zero-order valence-electron chi connectivity index (χ0n) is 12.2. The molecule has 0 aromatic heterocycles. The van der Waals surface area contributed by atoms with Crippen molar-refractivity contribution in [3.8, 4) is 0 Å². The van der Waals surface area contributed by atoms with Gasteiger partial charge in [0.1, 0.15) is 6.54 Å². The van der Waals surface area contributed by atoms with Crippen LogP contribution in [0.25, 0.3) is 0 Å². The van der Waals surface area contributed by atoms with Crippen LogP contribution in [0.15, 0.2) is 0 Å². The second-order valence-corrected chi connectivity index (χ2v) is 5.82. The molecule has 0 atom stereocenters. The summed E-state index contributed by atoms with van der Waals surface area (Å²) in [6, 6.07) is -0.402. The topological polar surface area (TPSA) is 70.2 Å². The van der Waals surface area contributed by atoms with E-state index in [0.717, 1.165) is 4.90 Å². The van der Waals surface area contributed by atoms with Crippen molar-refractivity contribution in [1.82, 2.24) is 14.7 Å². The first-order valence-electron chi connectivity index (χ1n) is 6.76. The van der Waals surface area contributed by atoms with Crippen LogP contribution in [0.4, 0.5) is 4.79 Å². The maximum Gasteiger partial charge on any atom is 0.326 e. The fraction of sp³-hybridized carbons (Fsp3) is 0.769. The van der Waals surface area contributed by atoms with Crippen LogP contribution >= 0.6 is 0 Å². The van der Waals surface area contributed by atoms with E-state index in [4.69, 9.17) is 4.74 Å². The summed E-state index contributed by atoms with van der Waals surface area (Å²) in [6.07, 6.45) is 0.266. The zero-order chi connectivity index (χ0) is 14.9. The maximum absolute atomic E-state index is 12.4. The second kappa shape index (κ2) is 5.40. The van der Waals surface area contributed by atoms with Gasteiger partial charge in [0.15, 0.2) is 0 Å². The highest BCUT2D eigenvalue weighted by molar-refractivity contribution is 5.97. The van der Waals surface area contributed by atoms with E-state index in [1.165, 1.54) is 11.9 Å². The van der Waals surface area contributed by atoms with Gasteiger partial charge in [-0.1, -0.05) is 0 Å². The summed E-state index contributed by atoms with van der Waals surface area (Å²) in [5, 5.41) is 0. The first-order chi connectivity index (χ1) is 9.33. The van der Waals surface area contributed by atoms with Crippen molar-refractivity contribution in [2.75, 3.05) is 39.9 Å². The summed E-state index contributed by atoms with van der Waals surface area (Å²) in [5.41, 5.74) is -0.365. The molecule has 0 saturated carbocycles. The third-order valence-electron chi connectivity index (χ3n) is 3.80. The molecule has 2 saturated heterocycles. The standard InChI is InChI=1S/C13H21N3O4/c1-13(2)9-20-7-6-16(13)11(18)8-15-5-4-10(17)14(3)12(15)19/h4-9H2,1-3H3. The molecule has 0 aromatic rings. The number of ether oxygens (including phenoxy) is 1. The minimum Gasteiger partial charge on any atom is -0.377 e. The lowest BCUT2D eigenvalue weighted by Crippen LogP contribution is -2.59. The molecule has 4 amide bonds. The van der Waals surface area contributed by atoms with Gasteiger partial charge in [-0.15, -0.1) is 0 Å². The lowest BCUT2D eigenvalue weighted by Gasteiger charge is -2.43. The van der Waals surface area contributed by atoms with Crippen LogP contribution in [-0.2, 0) is 14.3 Å². The van der Waals surface area contributed by atoms with Gasteiger partial charge >= 0.3 is 6.03 Å². The summed E-state index contributed by atoms with van der Waals surface area (Å²) in [6.45, 7) is 5.74. The lowest BCUT2D eigenvalue weighted by molar-refractivity contribution is -0.148. The van der Waals surface area contributed by atoms with Gasteiger partial charge in [-0.25, -0.2) is 4.79 Å². The van der Waals surface area contributed by atoms with Gasteiger partial charge in [-0.2, -0.15) is 0 Å². The third kappa shape index (κ3) is 2.77. The molecule has 2 rings (SSSR count). The van der Waals surface area contributed by atoms with Crippen molar-refractivity contribution >= 4 is 17.8 Å². The molecule has 112 valence electrons. The van der Waals surface area contributed by atoms with Gasteiger partial charge in [0.25, 0.3) is 0 Å². The molecule has 2 heterocycles. The number of urea groups is 1. The monoisotopic (exact) mass is 283 g/mol. The number of nitrogens with zero attached hydrogens (tertiary/aromatic N) is 3. The Balaban J connectivity index is 2.01. The molecule has 7 heteroatoms. The molecule has 2 fully saturated rings. The molecule has 2 aliphatic heterocycles. The van der Waals surface area contributed by atoms with Gasteiger partial charge < -0.3 is 14.5 Å². The lowest BCUT2D eigenvalue weighted by atomic mass is 10.0. The fourth-order valence-corrected chi connectivity index (χ4v) is 2.53. The number of rotatable bonds is 2. The molecule has 0 aromatic carbocycles. The molecule has 7 nitrogen and oxygen atoms in total. The summed E-state index contributed by atoms with van der Waals surface area (Å²) in [7, 11) is 1.44. The highest BCUT2D eigenvalue weighted by Crippen LogP contribution is 2.20. The Kier molecular flexibility index (Phi) is 3.99. The quantitative estimate of drug-likeness (QED) is 0.710. The number of hydrogen-bond donors (Lipinski definition) is 0. The number of hydrogen-bond acceptors (Lipinski definition) is 4. The minimum atomic E-state index is -0.402. The van der Waals surface area contributed by atoms with E-state index in [1.54, 1.807) is 4.90 Å². The molecule has 0 radical (unpaired) electrons. The molecule has 2 aliphatic rings. The van der Waals surface area contributed by atoms with Crippen LogP contribution in [0.3, 0.4) is 0 Å². The van der Waals surface area contributed by atoms with Crippen molar-refractivity contribution in [3.63, 3.8) is 0 Å². The van der Waals surface area contributed by atoms with Gasteiger partial charge in [0, 0.05) is 26.6 Å².